The van der Waals surface area contributed by atoms with E-state index in [1.807, 2.05) is 0 Å². The van der Waals surface area contributed by atoms with E-state index in [1.54, 1.807) is 49.6 Å². The lowest BCUT2D eigenvalue weighted by atomic mass is 10.0. The molecule has 2 amide bonds. The quantitative estimate of drug-likeness (QED) is 0.548. The normalized spacial score (nSPS) is 13.6. The van der Waals surface area contributed by atoms with Crippen LogP contribution < -0.4 is 19.5 Å². The van der Waals surface area contributed by atoms with Crippen molar-refractivity contribution in [3.8, 4) is 17.2 Å². The van der Waals surface area contributed by atoms with Gasteiger partial charge in [-0.1, -0.05) is 12.1 Å². The fraction of sp³-hybridized carbons (Fsp3) is 0.182. The molecule has 0 spiro atoms. The molecule has 7 heteroatoms. The van der Waals surface area contributed by atoms with Crippen LogP contribution in [0.4, 0.5) is 5.69 Å². The summed E-state index contributed by atoms with van der Waals surface area (Å²) in [5, 5.41) is 3.08. The molecule has 0 aliphatic carbocycles. The highest BCUT2D eigenvalue weighted by atomic mass is 16.5. The Morgan fingerprint density at radius 2 is 1.62 bits per heavy atom. The van der Waals surface area contributed by atoms with Gasteiger partial charge in [-0.25, -0.2) is 0 Å². The van der Waals surface area contributed by atoms with Crippen molar-refractivity contribution in [2.45, 2.75) is 0 Å². The van der Waals surface area contributed by atoms with Crippen molar-refractivity contribution < 1.29 is 23.8 Å². The van der Waals surface area contributed by atoms with E-state index < -0.39 is 11.8 Å². The molecule has 0 fully saturated rings. The number of hydrogen-bond donors (Lipinski definition) is 1. The monoisotopic (exact) mass is 394 g/mol. The van der Waals surface area contributed by atoms with Gasteiger partial charge in [0.15, 0.2) is 11.5 Å². The molecule has 1 N–H and O–H groups in total. The third-order valence-electron chi connectivity index (χ3n) is 4.51. The number of nitrogens with one attached hydrogen (secondary N) is 1. The van der Waals surface area contributed by atoms with Crippen LogP contribution in [0.2, 0.25) is 0 Å². The maximum Gasteiger partial charge on any atom is 0.278 e. The standard InChI is InChI=1S/C22H22N2O5/c1-5-12-24-21(25)19(14-6-11-17(28-3)18(13-14)29-4)20(22(24)26)23-15-7-9-16(27-2)10-8-15/h5-11,13,23H,1,12H2,2-4H3. The van der Waals surface area contributed by atoms with E-state index in [1.165, 1.54) is 20.3 Å². The van der Waals surface area contributed by atoms with Crippen LogP contribution in [0.5, 0.6) is 17.2 Å². The highest BCUT2D eigenvalue weighted by Gasteiger charge is 2.38. The van der Waals surface area contributed by atoms with E-state index in [2.05, 4.69) is 11.9 Å². The lowest BCUT2D eigenvalue weighted by Crippen LogP contribution is -2.32. The fourth-order valence-corrected chi connectivity index (χ4v) is 3.07. The van der Waals surface area contributed by atoms with Gasteiger partial charge in [-0.05, 0) is 42.0 Å². The van der Waals surface area contributed by atoms with Crippen LogP contribution in [-0.2, 0) is 9.59 Å². The van der Waals surface area contributed by atoms with Crippen LogP contribution in [0.1, 0.15) is 5.56 Å². The van der Waals surface area contributed by atoms with Crippen molar-refractivity contribution in [2.24, 2.45) is 0 Å². The third kappa shape index (κ3) is 3.80. The van der Waals surface area contributed by atoms with Crippen LogP contribution >= 0.6 is 0 Å². The Hall–Kier alpha value is -3.74. The predicted molar refractivity (Wildman–Crippen MR) is 110 cm³/mol. The minimum Gasteiger partial charge on any atom is -0.497 e. The van der Waals surface area contributed by atoms with Crippen molar-refractivity contribution in [1.82, 2.24) is 4.90 Å². The summed E-state index contributed by atoms with van der Waals surface area (Å²) >= 11 is 0. The van der Waals surface area contributed by atoms with Crippen molar-refractivity contribution in [2.75, 3.05) is 33.2 Å². The lowest BCUT2D eigenvalue weighted by Gasteiger charge is -2.12. The van der Waals surface area contributed by atoms with Crippen LogP contribution in [0.15, 0.2) is 60.8 Å². The Morgan fingerprint density at radius 1 is 0.931 bits per heavy atom. The molecule has 2 aromatic rings. The Balaban J connectivity index is 2.08. The lowest BCUT2D eigenvalue weighted by molar-refractivity contribution is -0.136. The average molecular weight is 394 g/mol. The van der Waals surface area contributed by atoms with Crippen molar-refractivity contribution in [1.29, 1.82) is 0 Å². The first-order valence-electron chi connectivity index (χ1n) is 8.88. The molecule has 2 aromatic carbocycles. The van der Waals surface area contributed by atoms with E-state index >= 15 is 0 Å². The minimum absolute atomic E-state index is 0.113. The second-order valence-electron chi connectivity index (χ2n) is 6.18. The summed E-state index contributed by atoms with van der Waals surface area (Å²) in [6, 6.07) is 12.2. The Labute approximate surface area is 169 Å². The van der Waals surface area contributed by atoms with Gasteiger partial charge in [0.05, 0.1) is 26.9 Å². The number of amides is 2. The first-order valence-corrected chi connectivity index (χ1v) is 8.88. The number of carbonyl (C=O) groups excluding carboxylic acids is 2. The van der Waals surface area contributed by atoms with Gasteiger partial charge in [-0.2, -0.15) is 0 Å². The molecule has 0 atom stereocenters. The number of anilines is 1. The molecule has 3 rings (SSSR count). The summed E-state index contributed by atoms with van der Waals surface area (Å²) in [6.45, 7) is 3.75. The molecule has 0 saturated carbocycles. The van der Waals surface area contributed by atoms with Gasteiger partial charge in [-0.3, -0.25) is 14.5 Å². The topological polar surface area (TPSA) is 77.1 Å². The van der Waals surface area contributed by atoms with Gasteiger partial charge < -0.3 is 19.5 Å². The highest BCUT2D eigenvalue weighted by Crippen LogP contribution is 2.35. The summed E-state index contributed by atoms with van der Waals surface area (Å²) in [7, 11) is 4.62. The van der Waals surface area contributed by atoms with Gasteiger partial charge >= 0.3 is 0 Å². The summed E-state index contributed by atoms with van der Waals surface area (Å²) in [5.41, 5.74) is 1.65. The van der Waals surface area contributed by atoms with Crippen LogP contribution in [0.25, 0.3) is 5.57 Å². The number of benzene rings is 2. The van der Waals surface area contributed by atoms with E-state index in [0.717, 1.165) is 4.90 Å². The number of methoxy groups -OCH3 is 3. The fourth-order valence-electron chi connectivity index (χ4n) is 3.07. The maximum absolute atomic E-state index is 13.0. The van der Waals surface area contributed by atoms with Gasteiger partial charge in [-0.15, -0.1) is 6.58 Å². The van der Waals surface area contributed by atoms with Crippen molar-refractivity contribution >= 4 is 23.1 Å². The first-order chi connectivity index (χ1) is 14.0. The average Bonchev–Trinajstić information content (AvgIpc) is 2.98. The largest absolute Gasteiger partial charge is 0.497 e. The molecule has 0 saturated heterocycles. The number of carbonyl (C=O) groups is 2. The van der Waals surface area contributed by atoms with E-state index in [9.17, 15) is 9.59 Å². The Morgan fingerprint density at radius 3 is 2.21 bits per heavy atom. The Kier molecular flexibility index (Phi) is 5.87. The number of nitrogens with zero attached hydrogens (tertiary/aromatic N) is 1. The van der Waals surface area contributed by atoms with Crippen LogP contribution in [-0.4, -0.2) is 44.6 Å². The van der Waals surface area contributed by atoms with Crippen molar-refractivity contribution in [3.63, 3.8) is 0 Å². The summed E-state index contributed by atoms with van der Waals surface area (Å²) in [6.07, 6.45) is 1.51. The summed E-state index contributed by atoms with van der Waals surface area (Å²) in [5.74, 6) is 0.852. The van der Waals surface area contributed by atoms with Gasteiger partial charge in [0.25, 0.3) is 11.8 Å². The molecule has 0 radical (unpaired) electrons. The van der Waals surface area contributed by atoms with Gasteiger partial charge in [0.2, 0.25) is 0 Å². The molecule has 0 unspecified atom stereocenters. The molecule has 7 nitrogen and oxygen atoms in total. The van der Waals surface area contributed by atoms with Crippen molar-refractivity contribution in [3.05, 3.63) is 66.4 Å². The summed E-state index contributed by atoms with van der Waals surface area (Å²) in [4.78, 5) is 27.1. The molecule has 1 aliphatic heterocycles. The molecular weight excluding hydrogens is 372 g/mol. The number of hydrogen-bond acceptors (Lipinski definition) is 6. The smallest absolute Gasteiger partial charge is 0.278 e. The second kappa shape index (κ2) is 8.52. The number of rotatable bonds is 8. The minimum atomic E-state index is -0.421. The SMILES string of the molecule is C=CCN1C(=O)C(Nc2ccc(OC)cc2)=C(c2ccc(OC)c(OC)c2)C1=O. The zero-order valence-corrected chi connectivity index (χ0v) is 16.5. The highest BCUT2D eigenvalue weighted by molar-refractivity contribution is 6.36. The molecule has 0 bridgehead atoms. The second-order valence-corrected chi connectivity index (χ2v) is 6.18. The zero-order chi connectivity index (χ0) is 21.0. The van der Waals surface area contributed by atoms with E-state index in [0.29, 0.717) is 28.5 Å². The zero-order valence-electron chi connectivity index (χ0n) is 16.5. The van der Waals surface area contributed by atoms with Gasteiger partial charge in [0.1, 0.15) is 11.4 Å². The Bertz CT molecular complexity index is 979. The first kappa shape index (κ1) is 20.0. The number of ether oxygens (including phenoxy) is 3. The van der Waals surface area contributed by atoms with Gasteiger partial charge in [0, 0.05) is 12.2 Å². The predicted octanol–water partition coefficient (Wildman–Crippen LogP) is 3.09. The molecule has 0 aromatic heterocycles. The molecule has 1 aliphatic rings. The number of imide groups is 1. The van der Waals surface area contributed by atoms with Crippen LogP contribution in [0.3, 0.4) is 0 Å². The van der Waals surface area contributed by atoms with E-state index in [4.69, 9.17) is 14.2 Å². The third-order valence-corrected chi connectivity index (χ3v) is 4.51. The van der Waals surface area contributed by atoms with E-state index in [-0.39, 0.29) is 17.8 Å². The molecule has 1 heterocycles. The molecule has 150 valence electrons. The van der Waals surface area contributed by atoms with Crippen LogP contribution in [0, 0.1) is 0 Å². The summed E-state index contributed by atoms with van der Waals surface area (Å²) < 4.78 is 15.8. The molecule has 29 heavy (non-hydrogen) atoms. The maximum atomic E-state index is 13.0. The molecular formula is C22H22N2O5.